The van der Waals surface area contributed by atoms with E-state index < -0.39 is 0 Å². The van der Waals surface area contributed by atoms with E-state index in [4.69, 9.17) is 4.74 Å². The smallest absolute Gasteiger partial charge is 0.0753 e. The maximum atomic E-state index is 5.59. The minimum absolute atomic E-state index is 0.272. The molecule has 0 bridgehead atoms. The summed E-state index contributed by atoms with van der Waals surface area (Å²) < 4.78 is 5.59. The Kier molecular flexibility index (Phi) is 13.2. The van der Waals surface area contributed by atoms with Crippen molar-refractivity contribution in [2.75, 3.05) is 6.61 Å². The van der Waals surface area contributed by atoms with E-state index in [0.29, 0.717) is 5.41 Å². The van der Waals surface area contributed by atoms with Gasteiger partial charge < -0.3 is 4.74 Å². The van der Waals surface area contributed by atoms with Crippen LogP contribution in [0.25, 0.3) is 0 Å². The molecule has 126 valence electrons. The minimum atomic E-state index is 0.272. The maximum Gasteiger partial charge on any atom is 0.0753 e. The maximum absolute atomic E-state index is 5.59. The summed E-state index contributed by atoms with van der Waals surface area (Å²) in [6, 6.07) is 0. The van der Waals surface area contributed by atoms with Crippen LogP contribution >= 0.6 is 0 Å². The Labute approximate surface area is 134 Å². The van der Waals surface area contributed by atoms with Gasteiger partial charge in [-0.3, -0.25) is 0 Å². The molecule has 1 atom stereocenters. The molecule has 0 spiro atoms. The number of rotatable bonds is 15. The summed E-state index contributed by atoms with van der Waals surface area (Å²) in [5, 5.41) is 0. The third-order valence-corrected chi connectivity index (χ3v) is 5.34. The van der Waals surface area contributed by atoms with Gasteiger partial charge in [0.05, 0.1) is 6.10 Å². The van der Waals surface area contributed by atoms with Gasteiger partial charge in [0.2, 0.25) is 0 Å². The van der Waals surface area contributed by atoms with Gasteiger partial charge in [0, 0.05) is 6.61 Å². The molecule has 1 heteroatoms. The van der Waals surface area contributed by atoms with Crippen LogP contribution in [0.3, 0.4) is 0 Å². The van der Waals surface area contributed by atoms with E-state index in [1.54, 1.807) is 0 Å². The first-order valence-corrected chi connectivity index (χ1v) is 9.42. The normalized spacial score (nSPS) is 13.3. The molecule has 0 aliphatic carbocycles. The number of ether oxygens (including phenoxy) is 1. The van der Waals surface area contributed by atoms with Crippen molar-refractivity contribution in [2.45, 2.75) is 104 Å². The highest BCUT2D eigenvalue weighted by molar-refractivity contribution is 4.79. The standard InChI is InChI=1S/C20H40O/c1-6-19(21-10-5)17-15-13-11-12-14-16-18-20(7-2,8-3)9-4/h6,19H,1,7-18H2,2-5H3. The van der Waals surface area contributed by atoms with Gasteiger partial charge in [-0.2, -0.15) is 0 Å². The van der Waals surface area contributed by atoms with Gasteiger partial charge in [0.25, 0.3) is 0 Å². The Bertz CT molecular complexity index is 222. The van der Waals surface area contributed by atoms with Crippen LogP contribution in [0.2, 0.25) is 0 Å². The van der Waals surface area contributed by atoms with Crippen LogP contribution in [0, 0.1) is 5.41 Å². The van der Waals surface area contributed by atoms with E-state index in [9.17, 15) is 0 Å². The third-order valence-electron chi connectivity index (χ3n) is 5.34. The molecule has 0 aromatic rings. The van der Waals surface area contributed by atoms with E-state index in [0.717, 1.165) is 13.0 Å². The average Bonchev–Trinajstić information content (AvgIpc) is 2.53. The van der Waals surface area contributed by atoms with Crippen molar-refractivity contribution in [3.05, 3.63) is 12.7 Å². The fourth-order valence-electron chi connectivity index (χ4n) is 3.32. The zero-order valence-corrected chi connectivity index (χ0v) is 15.3. The lowest BCUT2D eigenvalue weighted by Gasteiger charge is -2.30. The molecular weight excluding hydrogens is 256 g/mol. The number of unbranched alkanes of at least 4 members (excludes halogenated alkanes) is 5. The summed E-state index contributed by atoms with van der Waals surface area (Å²) in [4.78, 5) is 0. The molecule has 0 aromatic heterocycles. The minimum Gasteiger partial charge on any atom is -0.374 e. The van der Waals surface area contributed by atoms with E-state index >= 15 is 0 Å². The summed E-state index contributed by atoms with van der Waals surface area (Å²) in [5.74, 6) is 0. The van der Waals surface area contributed by atoms with Gasteiger partial charge in [0.1, 0.15) is 0 Å². The molecule has 1 nitrogen and oxygen atoms in total. The van der Waals surface area contributed by atoms with Crippen molar-refractivity contribution in [1.82, 2.24) is 0 Å². The first kappa shape index (κ1) is 20.7. The second-order valence-electron chi connectivity index (χ2n) is 6.45. The molecule has 0 aliphatic heterocycles. The van der Waals surface area contributed by atoms with Crippen molar-refractivity contribution >= 4 is 0 Å². The van der Waals surface area contributed by atoms with Crippen molar-refractivity contribution < 1.29 is 4.74 Å². The van der Waals surface area contributed by atoms with E-state index in [1.165, 1.54) is 64.2 Å². The molecule has 0 fully saturated rings. The van der Waals surface area contributed by atoms with Crippen molar-refractivity contribution in [3.63, 3.8) is 0 Å². The Hall–Kier alpha value is -0.300. The molecule has 0 radical (unpaired) electrons. The van der Waals surface area contributed by atoms with Gasteiger partial charge >= 0.3 is 0 Å². The summed E-state index contributed by atoms with van der Waals surface area (Å²) in [6.07, 6.45) is 17.1. The molecule has 0 amide bonds. The molecular formula is C20H40O. The highest BCUT2D eigenvalue weighted by atomic mass is 16.5. The van der Waals surface area contributed by atoms with Crippen molar-refractivity contribution in [1.29, 1.82) is 0 Å². The van der Waals surface area contributed by atoms with Crippen LogP contribution in [0.15, 0.2) is 12.7 Å². The van der Waals surface area contributed by atoms with Crippen LogP contribution in [-0.2, 0) is 4.74 Å². The van der Waals surface area contributed by atoms with Crippen molar-refractivity contribution in [3.8, 4) is 0 Å². The van der Waals surface area contributed by atoms with Gasteiger partial charge in [0.15, 0.2) is 0 Å². The van der Waals surface area contributed by atoms with Crippen molar-refractivity contribution in [2.24, 2.45) is 5.41 Å². The largest absolute Gasteiger partial charge is 0.374 e. The van der Waals surface area contributed by atoms with Gasteiger partial charge in [-0.15, -0.1) is 6.58 Å². The Morgan fingerprint density at radius 3 is 1.86 bits per heavy atom. The second kappa shape index (κ2) is 13.4. The summed E-state index contributed by atoms with van der Waals surface area (Å²) in [7, 11) is 0. The van der Waals surface area contributed by atoms with Crippen LogP contribution in [-0.4, -0.2) is 12.7 Å². The van der Waals surface area contributed by atoms with E-state index in [-0.39, 0.29) is 6.10 Å². The Morgan fingerprint density at radius 1 is 0.857 bits per heavy atom. The quantitative estimate of drug-likeness (QED) is 0.235. The zero-order valence-electron chi connectivity index (χ0n) is 15.3. The van der Waals surface area contributed by atoms with Crippen LogP contribution < -0.4 is 0 Å². The summed E-state index contributed by atoms with van der Waals surface area (Å²) >= 11 is 0. The molecule has 0 aromatic carbocycles. The van der Waals surface area contributed by atoms with Crippen LogP contribution in [0.4, 0.5) is 0 Å². The topological polar surface area (TPSA) is 9.23 Å². The number of hydrogen-bond donors (Lipinski definition) is 0. The van der Waals surface area contributed by atoms with Crippen LogP contribution in [0.1, 0.15) is 98.3 Å². The molecule has 0 rings (SSSR count). The lowest BCUT2D eigenvalue weighted by molar-refractivity contribution is 0.0885. The Balaban J connectivity index is 3.54. The zero-order chi connectivity index (χ0) is 16.0. The SMILES string of the molecule is C=CC(CCCCCCCCC(CC)(CC)CC)OCC. The van der Waals surface area contributed by atoms with E-state index in [1.807, 2.05) is 6.08 Å². The molecule has 0 N–H and O–H groups in total. The lowest BCUT2D eigenvalue weighted by Crippen LogP contribution is -2.17. The van der Waals surface area contributed by atoms with Crippen LogP contribution in [0.5, 0.6) is 0 Å². The van der Waals surface area contributed by atoms with Gasteiger partial charge in [-0.25, -0.2) is 0 Å². The average molecular weight is 297 g/mol. The molecule has 0 aliphatic rings. The fourth-order valence-corrected chi connectivity index (χ4v) is 3.32. The molecule has 21 heavy (non-hydrogen) atoms. The lowest BCUT2D eigenvalue weighted by atomic mass is 9.75. The first-order chi connectivity index (χ1) is 10.2. The summed E-state index contributed by atoms with van der Waals surface area (Å²) in [5.41, 5.74) is 0.634. The monoisotopic (exact) mass is 296 g/mol. The highest BCUT2D eigenvalue weighted by Crippen LogP contribution is 2.36. The molecule has 0 saturated carbocycles. The van der Waals surface area contributed by atoms with Gasteiger partial charge in [-0.05, 0) is 25.2 Å². The molecule has 0 heterocycles. The van der Waals surface area contributed by atoms with Gasteiger partial charge in [-0.1, -0.05) is 84.6 Å². The number of hydrogen-bond acceptors (Lipinski definition) is 1. The predicted molar refractivity (Wildman–Crippen MR) is 95.9 cm³/mol. The molecule has 0 saturated heterocycles. The third kappa shape index (κ3) is 9.34. The van der Waals surface area contributed by atoms with E-state index in [2.05, 4.69) is 34.3 Å². The first-order valence-electron chi connectivity index (χ1n) is 9.42. The summed E-state index contributed by atoms with van der Waals surface area (Å²) in [6.45, 7) is 13.8. The Morgan fingerprint density at radius 2 is 1.38 bits per heavy atom. The molecule has 1 unspecified atom stereocenters. The predicted octanol–water partition coefficient (Wildman–Crippen LogP) is 6.91. The second-order valence-corrected chi connectivity index (χ2v) is 6.45. The highest BCUT2D eigenvalue weighted by Gasteiger charge is 2.22. The fraction of sp³-hybridized carbons (Fsp3) is 0.900.